The van der Waals surface area contributed by atoms with Gasteiger partial charge >= 0.3 is 6.01 Å². The molecule has 1 spiro atoms. The molecule has 0 amide bonds. The zero-order valence-corrected chi connectivity index (χ0v) is 12.4. The lowest BCUT2D eigenvalue weighted by Crippen LogP contribution is -2.60. The molecule has 4 rings (SSSR count). The molecule has 0 saturated carbocycles. The number of hydrogen-bond acceptors (Lipinski definition) is 5. The van der Waals surface area contributed by atoms with Gasteiger partial charge in [0, 0.05) is 24.9 Å². The van der Waals surface area contributed by atoms with E-state index in [0.717, 1.165) is 31.7 Å². The smallest absolute Gasteiger partial charge is 0.323 e. The van der Waals surface area contributed by atoms with Crippen molar-refractivity contribution in [3.8, 4) is 0 Å². The van der Waals surface area contributed by atoms with E-state index in [4.69, 9.17) is 4.52 Å². The highest BCUT2D eigenvalue weighted by Crippen LogP contribution is 2.40. The zero-order valence-electron chi connectivity index (χ0n) is 12.4. The van der Waals surface area contributed by atoms with Crippen molar-refractivity contribution >= 4 is 6.01 Å². The van der Waals surface area contributed by atoms with Crippen LogP contribution in [0.5, 0.6) is 0 Å². The van der Waals surface area contributed by atoms with Crippen molar-refractivity contribution < 1.29 is 8.91 Å². The van der Waals surface area contributed by atoms with Crippen molar-refractivity contribution in [3.63, 3.8) is 0 Å². The predicted molar refractivity (Wildman–Crippen MR) is 80.3 cm³/mol. The average Bonchev–Trinajstić information content (AvgIpc) is 2.96. The normalized spacial score (nSPS) is 20.1. The Bertz CT molecular complexity index is 640. The fraction of sp³-hybridized carbons (Fsp3) is 0.500. The minimum absolute atomic E-state index is 0.231. The molecule has 0 bridgehead atoms. The number of aromatic nitrogens is 2. The second-order valence-electron chi connectivity index (χ2n) is 6.40. The summed E-state index contributed by atoms with van der Waals surface area (Å²) >= 11 is 0. The quantitative estimate of drug-likeness (QED) is 0.939. The minimum atomic E-state index is -0.231. The monoisotopic (exact) mass is 302 g/mol. The summed E-state index contributed by atoms with van der Waals surface area (Å²) in [5, 5.41) is 7.44. The van der Waals surface area contributed by atoms with E-state index in [1.807, 2.05) is 0 Å². The van der Waals surface area contributed by atoms with E-state index in [0.29, 0.717) is 23.7 Å². The number of halogens is 1. The standard InChI is InChI=1S/C16H19FN4O/c17-13-3-1-12(2-4-13)9-14-19-15(22-20-14)21-10-16(11-21)5-7-18-8-6-16/h1-4,18H,5-11H2. The summed E-state index contributed by atoms with van der Waals surface area (Å²) in [6.07, 6.45) is 3.01. The number of nitrogens with one attached hydrogen (secondary N) is 1. The third kappa shape index (κ3) is 2.59. The number of rotatable bonds is 3. The maximum absolute atomic E-state index is 12.9. The van der Waals surface area contributed by atoms with Crippen molar-refractivity contribution in [2.24, 2.45) is 5.41 Å². The molecule has 2 aliphatic rings. The number of anilines is 1. The van der Waals surface area contributed by atoms with Crippen LogP contribution in [0.3, 0.4) is 0 Å². The van der Waals surface area contributed by atoms with Crippen molar-refractivity contribution in [2.75, 3.05) is 31.1 Å². The maximum Gasteiger partial charge on any atom is 0.324 e. The van der Waals surface area contributed by atoms with Crippen LogP contribution in [0.1, 0.15) is 24.2 Å². The van der Waals surface area contributed by atoms with E-state index < -0.39 is 0 Å². The first kappa shape index (κ1) is 13.7. The average molecular weight is 302 g/mol. The molecule has 3 heterocycles. The summed E-state index contributed by atoms with van der Waals surface area (Å²) in [6.45, 7) is 4.22. The topological polar surface area (TPSA) is 54.2 Å². The van der Waals surface area contributed by atoms with Crippen molar-refractivity contribution in [1.82, 2.24) is 15.5 Å². The highest BCUT2D eigenvalue weighted by Gasteiger charge is 2.45. The Morgan fingerprint density at radius 2 is 1.91 bits per heavy atom. The lowest BCUT2D eigenvalue weighted by molar-refractivity contribution is 0.141. The molecule has 0 radical (unpaired) electrons. The fourth-order valence-electron chi connectivity index (χ4n) is 3.40. The molecular weight excluding hydrogens is 283 g/mol. The van der Waals surface area contributed by atoms with E-state index in [9.17, 15) is 4.39 Å². The Morgan fingerprint density at radius 1 is 1.18 bits per heavy atom. The van der Waals surface area contributed by atoms with E-state index >= 15 is 0 Å². The van der Waals surface area contributed by atoms with Gasteiger partial charge in [0.2, 0.25) is 0 Å². The molecule has 2 aromatic rings. The fourth-order valence-corrected chi connectivity index (χ4v) is 3.40. The van der Waals surface area contributed by atoms with Crippen LogP contribution in [-0.2, 0) is 6.42 Å². The summed E-state index contributed by atoms with van der Waals surface area (Å²) in [5.41, 5.74) is 1.42. The van der Waals surface area contributed by atoms with Gasteiger partial charge in [0.1, 0.15) is 5.82 Å². The molecule has 6 heteroatoms. The van der Waals surface area contributed by atoms with Gasteiger partial charge in [-0.1, -0.05) is 17.3 Å². The summed E-state index contributed by atoms with van der Waals surface area (Å²) in [7, 11) is 0. The van der Waals surface area contributed by atoms with Crippen LogP contribution >= 0.6 is 0 Å². The number of piperidine rings is 1. The molecule has 2 aliphatic heterocycles. The van der Waals surface area contributed by atoms with Crippen LogP contribution in [0.4, 0.5) is 10.4 Å². The minimum Gasteiger partial charge on any atom is -0.323 e. The highest BCUT2D eigenvalue weighted by atomic mass is 19.1. The van der Waals surface area contributed by atoms with Crippen LogP contribution in [0, 0.1) is 11.2 Å². The van der Waals surface area contributed by atoms with E-state index in [1.54, 1.807) is 12.1 Å². The number of nitrogens with zero attached hydrogens (tertiary/aromatic N) is 3. The molecule has 22 heavy (non-hydrogen) atoms. The van der Waals surface area contributed by atoms with Gasteiger partial charge in [-0.2, -0.15) is 4.98 Å². The lowest BCUT2D eigenvalue weighted by Gasteiger charge is -2.51. The van der Waals surface area contributed by atoms with Gasteiger partial charge in [0.15, 0.2) is 5.82 Å². The van der Waals surface area contributed by atoms with Crippen LogP contribution in [0.25, 0.3) is 0 Å². The molecule has 5 nitrogen and oxygen atoms in total. The summed E-state index contributed by atoms with van der Waals surface area (Å²) in [6, 6.07) is 7.01. The van der Waals surface area contributed by atoms with Gasteiger partial charge in [0.05, 0.1) is 0 Å². The third-order valence-corrected chi connectivity index (χ3v) is 4.72. The van der Waals surface area contributed by atoms with E-state index in [2.05, 4.69) is 20.4 Å². The molecule has 0 atom stereocenters. The Hall–Kier alpha value is -1.95. The van der Waals surface area contributed by atoms with Gasteiger partial charge in [0.25, 0.3) is 0 Å². The second kappa shape index (κ2) is 5.35. The van der Waals surface area contributed by atoms with Crippen molar-refractivity contribution in [2.45, 2.75) is 19.3 Å². The largest absolute Gasteiger partial charge is 0.324 e. The maximum atomic E-state index is 12.9. The Labute approximate surface area is 128 Å². The summed E-state index contributed by atoms with van der Waals surface area (Å²) < 4.78 is 18.3. The Kier molecular flexibility index (Phi) is 3.33. The molecule has 0 unspecified atom stereocenters. The SMILES string of the molecule is Fc1ccc(Cc2noc(N3CC4(CCNCC4)C3)n2)cc1. The zero-order chi connectivity index (χ0) is 15.0. The van der Waals surface area contributed by atoms with Crippen LogP contribution < -0.4 is 10.2 Å². The number of benzene rings is 1. The lowest BCUT2D eigenvalue weighted by atomic mass is 9.73. The van der Waals surface area contributed by atoms with Gasteiger partial charge in [-0.15, -0.1) is 0 Å². The molecule has 2 fully saturated rings. The molecule has 116 valence electrons. The van der Waals surface area contributed by atoms with E-state index in [-0.39, 0.29) is 5.82 Å². The molecular formula is C16H19FN4O. The van der Waals surface area contributed by atoms with Crippen LogP contribution in [0.15, 0.2) is 28.8 Å². The second-order valence-corrected chi connectivity index (χ2v) is 6.40. The predicted octanol–water partition coefficient (Wildman–Crippen LogP) is 1.99. The molecule has 1 aromatic carbocycles. The molecule has 1 N–H and O–H groups in total. The van der Waals surface area contributed by atoms with Crippen LogP contribution in [-0.4, -0.2) is 36.3 Å². The van der Waals surface area contributed by atoms with Gasteiger partial charge in [-0.3, -0.25) is 0 Å². The Morgan fingerprint density at radius 3 is 2.64 bits per heavy atom. The van der Waals surface area contributed by atoms with Gasteiger partial charge in [-0.25, -0.2) is 4.39 Å². The summed E-state index contributed by atoms with van der Waals surface area (Å²) in [5.74, 6) is 0.415. The van der Waals surface area contributed by atoms with Crippen LogP contribution in [0.2, 0.25) is 0 Å². The molecule has 2 saturated heterocycles. The first-order chi connectivity index (χ1) is 10.7. The third-order valence-electron chi connectivity index (χ3n) is 4.72. The Balaban J connectivity index is 1.39. The van der Waals surface area contributed by atoms with Gasteiger partial charge < -0.3 is 14.7 Å². The first-order valence-corrected chi connectivity index (χ1v) is 7.75. The first-order valence-electron chi connectivity index (χ1n) is 7.75. The summed E-state index contributed by atoms with van der Waals surface area (Å²) in [4.78, 5) is 6.63. The number of hydrogen-bond donors (Lipinski definition) is 1. The molecule has 1 aromatic heterocycles. The van der Waals surface area contributed by atoms with Crippen molar-refractivity contribution in [3.05, 3.63) is 41.5 Å². The highest BCUT2D eigenvalue weighted by molar-refractivity contribution is 5.34. The molecule has 0 aliphatic carbocycles. The van der Waals surface area contributed by atoms with E-state index in [1.165, 1.54) is 25.0 Å². The van der Waals surface area contributed by atoms with Gasteiger partial charge in [-0.05, 0) is 43.6 Å². The van der Waals surface area contributed by atoms with Crippen molar-refractivity contribution in [1.29, 1.82) is 0 Å².